The number of allylic oxidation sites excluding steroid dienone is 2. The van der Waals surface area contributed by atoms with Crippen LogP contribution in [0.25, 0.3) is 0 Å². The number of anilines is 1. The monoisotopic (exact) mass is 316 g/mol. The molecule has 0 aliphatic heterocycles. The van der Waals surface area contributed by atoms with Gasteiger partial charge in [-0.05, 0) is 57.9 Å². The van der Waals surface area contributed by atoms with Gasteiger partial charge in [0, 0.05) is 17.6 Å². The molecular weight excluding hydrogens is 294 g/mol. The van der Waals surface area contributed by atoms with Crippen LogP contribution in [-0.2, 0) is 9.59 Å². The van der Waals surface area contributed by atoms with Gasteiger partial charge in [-0.2, -0.15) is 0 Å². The minimum absolute atomic E-state index is 0.282. The van der Waals surface area contributed by atoms with Gasteiger partial charge in [0.15, 0.2) is 0 Å². The Morgan fingerprint density at radius 2 is 1.70 bits per heavy atom. The molecule has 0 radical (unpaired) electrons. The summed E-state index contributed by atoms with van der Waals surface area (Å²) in [4.78, 5) is 23.8. The number of ether oxygens (including phenoxy) is 1. The van der Waals surface area contributed by atoms with E-state index in [9.17, 15) is 14.7 Å². The van der Waals surface area contributed by atoms with E-state index in [0.29, 0.717) is 25.1 Å². The third-order valence-corrected chi connectivity index (χ3v) is 4.34. The Kier molecular flexibility index (Phi) is 5.42. The Hall–Kier alpha value is -2.30. The molecule has 5 nitrogen and oxygen atoms in total. The van der Waals surface area contributed by atoms with Gasteiger partial charge in [-0.15, -0.1) is 0 Å². The highest BCUT2D eigenvalue weighted by Crippen LogP contribution is 2.34. The molecule has 0 spiro atoms. The van der Waals surface area contributed by atoms with Gasteiger partial charge in [0.25, 0.3) is 0 Å². The van der Waals surface area contributed by atoms with E-state index in [2.05, 4.69) is 5.32 Å². The number of hydrogen-bond acceptors (Lipinski definition) is 4. The number of aliphatic carboxylic acids is 1. The number of hydrogen-bond donors (Lipinski definition) is 1. The largest absolute Gasteiger partial charge is 0.550 e. The topological polar surface area (TPSA) is 78.5 Å². The normalized spacial score (nSPS) is 21.0. The van der Waals surface area contributed by atoms with Crippen molar-refractivity contribution in [1.82, 2.24) is 0 Å². The van der Waals surface area contributed by atoms with Gasteiger partial charge >= 0.3 is 0 Å². The molecule has 2 atom stereocenters. The third kappa shape index (κ3) is 4.12. The number of rotatable bonds is 5. The predicted octanol–water partition coefficient (Wildman–Crippen LogP) is 2.14. The van der Waals surface area contributed by atoms with Gasteiger partial charge in [0.05, 0.1) is 12.5 Å². The maximum absolute atomic E-state index is 12.5. The van der Waals surface area contributed by atoms with Crippen molar-refractivity contribution in [1.29, 1.82) is 0 Å². The molecule has 5 heteroatoms. The Labute approximate surface area is 136 Å². The summed E-state index contributed by atoms with van der Waals surface area (Å²) in [6.07, 6.45) is 0.822. The number of carbonyl (C=O) groups excluding carboxylic acids is 2. The molecule has 2 rings (SSSR count). The number of carboxylic acids is 1. The quantitative estimate of drug-likeness (QED) is 0.844. The minimum Gasteiger partial charge on any atom is -0.550 e. The van der Waals surface area contributed by atoms with E-state index in [1.807, 2.05) is 20.8 Å². The van der Waals surface area contributed by atoms with Crippen LogP contribution in [0.4, 0.5) is 5.69 Å². The van der Waals surface area contributed by atoms with E-state index in [1.165, 1.54) is 0 Å². The van der Waals surface area contributed by atoms with Crippen LogP contribution in [0.2, 0.25) is 0 Å². The van der Waals surface area contributed by atoms with Crippen LogP contribution in [0, 0.1) is 11.8 Å². The number of carboxylic acid groups (broad SMARTS) is 1. The summed E-state index contributed by atoms with van der Waals surface area (Å²) in [5, 5.41) is 14.2. The van der Waals surface area contributed by atoms with Gasteiger partial charge < -0.3 is 20.0 Å². The highest BCUT2D eigenvalue weighted by molar-refractivity contribution is 5.95. The van der Waals surface area contributed by atoms with Crippen molar-refractivity contribution in [3.05, 3.63) is 35.4 Å². The van der Waals surface area contributed by atoms with Gasteiger partial charge in [0.2, 0.25) is 5.91 Å². The molecule has 0 unspecified atom stereocenters. The SMILES string of the molecule is CCOc1ccc(NC(=O)[C@H]2CC(C)=C(C)C[C@@H]2C(=O)[O-])cc1. The Bertz CT molecular complexity index is 618. The molecule has 1 aliphatic rings. The standard InChI is InChI=1S/C18H23NO4/c1-4-23-14-7-5-13(6-8-14)19-17(20)15-9-11(2)12(3)10-16(15)18(21)22/h5-8,15-16H,4,9-10H2,1-3H3,(H,19,20)(H,21,22)/p-1/t15-,16-/m0/s1. The first kappa shape index (κ1) is 17.1. The van der Waals surface area contributed by atoms with Crippen molar-refractivity contribution < 1.29 is 19.4 Å². The zero-order chi connectivity index (χ0) is 17.0. The Balaban J connectivity index is 2.10. The van der Waals surface area contributed by atoms with Crippen LogP contribution in [-0.4, -0.2) is 18.5 Å². The predicted molar refractivity (Wildman–Crippen MR) is 85.8 cm³/mol. The van der Waals surface area contributed by atoms with Crippen molar-refractivity contribution in [2.45, 2.75) is 33.6 Å². The van der Waals surface area contributed by atoms with E-state index >= 15 is 0 Å². The molecule has 23 heavy (non-hydrogen) atoms. The Morgan fingerprint density at radius 3 is 2.22 bits per heavy atom. The van der Waals surface area contributed by atoms with Crippen LogP contribution < -0.4 is 15.2 Å². The fraction of sp³-hybridized carbons (Fsp3) is 0.444. The first-order valence-corrected chi connectivity index (χ1v) is 7.82. The van der Waals surface area contributed by atoms with Gasteiger partial charge in [-0.25, -0.2) is 0 Å². The fourth-order valence-corrected chi connectivity index (χ4v) is 2.85. The zero-order valence-corrected chi connectivity index (χ0v) is 13.7. The molecule has 0 fully saturated rings. The molecule has 1 aromatic carbocycles. The number of benzene rings is 1. The van der Waals surface area contributed by atoms with Gasteiger partial charge in [0.1, 0.15) is 5.75 Å². The molecule has 124 valence electrons. The lowest BCUT2D eigenvalue weighted by molar-refractivity contribution is -0.313. The first-order chi connectivity index (χ1) is 10.9. The van der Waals surface area contributed by atoms with Crippen molar-refractivity contribution in [3.63, 3.8) is 0 Å². The summed E-state index contributed by atoms with van der Waals surface area (Å²) in [6.45, 7) is 6.33. The summed E-state index contributed by atoms with van der Waals surface area (Å²) in [7, 11) is 0. The average Bonchev–Trinajstić information content (AvgIpc) is 2.51. The molecule has 0 heterocycles. The van der Waals surface area contributed by atoms with Gasteiger partial charge in [-0.1, -0.05) is 11.1 Å². The average molecular weight is 316 g/mol. The molecule has 0 aromatic heterocycles. The van der Waals surface area contributed by atoms with E-state index in [0.717, 1.165) is 16.9 Å². The maximum atomic E-state index is 12.5. The number of amides is 1. The summed E-state index contributed by atoms with van der Waals surface area (Å²) in [6, 6.07) is 7.03. The van der Waals surface area contributed by atoms with Crippen molar-refractivity contribution in [2.75, 3.05) is 11.9 Å². The summed E-state index contributed by atoms with van der Waals surface area (Å²) in [5.74, 6) is -2.10. The summed E-state index contributed by atoms with van der Waals surface area (Å²) in [5.41, 5.74) is 2.73. The smallest absolute Gasteiger partial charge is 0.228 e. The minimum atomic E-state index is -1.16. The number of nitrogens with one attached hydrogen (secondary N) is 1. The molecule has 1 aliphatic carbocycles. The molecule has 1 aromatic rings. The second-order valence-corrected chi connectivity index (χ2v) is 5.95. The lowest BCUT2D eigenvalue weighted by Crippen LogP contribution is -2.42. The first-order valence-electron chi connectivity index (χ1n) is 7.82. The molecule has 1 amide bonds. The second-order valence-electron chi connectivity index (χ2n) is 5.95. The van der Waals surface area contributed by atoms with E-state index < -0.39 is 17.8 Å². The summed E-state index contributed by atoms with van der Waals surface area (Å²) < 4.78 is 5.35. The van der Waals surface area contributed by atoms with E-state index in [4.69, 9.17) is 4.74 Å². The Morgan fingerprint density at radius 1 is 1.13 bits per heavy atom. The van der Waals surface area contributed by atoms with Crippen molar-refractivity contribution >= 4 is 17.6 Å². The van der Waals surface area contributed by atoms with Gasteiger partial charge in [-0.3, -0.25) is 4.79 Å². The van der Waals surface area contributed by atoms with E-state index in [1.54, 1.807) is 24.3 Å². The molecular formula is C18H22NO4-. The number of carbonyl (C=O) groups is 2. The highest BCUT2D eigenvalue weighted by Gasteiger charge is 2.33. The van der Waals surface area contributed by atoms with Crippen LogP contribution in [0.15, 0.2) is 35.4 Å². The maximum Gasteiger partial charge on any atom is 0.228 e. The van der Waals surface area contributed by atoms with Crippen LogP contribution >= 0.6 is 0 Å². The molecule has 0 bridgehead atoms. The third-order valence-electron chi connectivity index (χ3n) is 4.34. The molecule has 0 saturated carbocycles. The summed E-state index contributed by atoms with van der Waals surface area (Å²) >= 11 is 0. The fourth-order valence-electron chi connectivity index (χ4n) is 2.85. The van der Waals surface area contributed by atoms with E-state index in [-0.39, 0.29) is 5.91 Å². The lowest BCUT2D eigenvalue weighted by Gasteiger charge is -2.32. The van der Waals surface area contributed by atoms with Crippen LogP contribution in [0.1, 0.15) is 33.6 Å². The lowest BCUT2D eigenvalue weighted by atomic mass is 9.76. The van der Waals surface area contributed by atoms with Crippen molar-refractivity contribution in [2.24, 2.45) is 11.8 Å². The van der Waals surface area contributed by atoms with Crippen LogP contribution in [0.3, 0.4) is 0 Å². The molecule has 1 N–H and O–H groups in total. The van der Waals surface area contributed by atoms with Crippen molar-refractivity contribution in [3.8, 4) is 5.75 Å². The molecule has 0 saturated heterocycles. The zero-order valence-electron chi connectivity index (χ0n) is 13.7. The second kappa shape index (κ2) is 7.31. The van der Waals surface area contributed by atoms with Crippen LogP contribution in [0.5, 0.6) is 5.75 Å². The highest BCUT2D eigenvalue weighted by atomic mass is 16.5.